The van der Waals surface area contributed by atoms with Crippen molar-refractivity contribution in [3.8, 4) is 5.75 Å². The van der Waals surface area contributed by atoms with E-state index in [4.69, 9.17) is 9.15 Å². The minimum atomic E-state index is 0.688. The molecule has 0 saturated heterocycles. The Bertz CT molecular complexity index is 463. The molecule has 0 bridgehead atoms. The van der Waals surface area contributed by atoms with Gasteiger partial charge < -0.3 is 19.4 Å². The van der Waals surface area contributed by atoms with Crippen molar-refractivity contribution in [3.05, 3.63) is 48.4 Å². The summed E-state index contributed by atoms with van der Waals surface area (Å²) >= 11 is 0. The van der Waals surface area contributed by atoms with E-state index in [1.165, 1.54) is 0 Å². The van der Waals surface area contributed by atoms with E-state index >= 15 is 0 Å². The first-order valence-electron chi connectivity index (χ1n) is 6.38. The van der Waals surface area contributed by atoms with Crippen molar-refractivity contribution in [2.24, 2.45) is 0 Å². The minimum Gasteiger partial charge on any atom is -0.492 e. The van der Waals surface area contributed by atoms with Crippen LogP contribution in [0.2, 0.25) is 0 Å². The molecular weight excluding hydrogens is 240 g/mol. The fourth-order valence-corrected chi connectivity index (χ4v) is 1.62. The van der Waals surface area contributed by atoms with Crippen LogP contribution in [0, 0.1) is 0 Å². The van der Waals surface area contributed by atoms with Gasteiger partial charge in [0.25, 0.3) is 0 Å². The number of likely N-dealkylation sites (N-methyl/N-ethyl adjacent to an activating group) is 1. The first-order chi connectivity index (χ1) is 9.24. The molecular formula is C15H20N2O2. The maximum Gasteiger partial charge on any atom is 0.122 e. The third kappa shape index (κ3) is 4.67. The van der Waals surface area contributed by atoms with Crippen LogP contribution < -0.4 is 10.1 Å². The van der Waals surface area contributed by atoms with E-state index in [9.17, 15) is 0 Å². The summed E-state index contributed by atoms with van der Waals surface area (Å²) in [7, 11) is 4.07. The number of hydrogen-bond donors (Lipinski definition) is 1. The molecule has 0 atom stereocenters. The smallest absolute Gasteiger partial charge is 0.122 e. The summed E-state index contributed by atoms with van der Waals surface area (Å²) in [5, 5.41) is 3.29. The first-order valence-corrected chi connectivity index (χ1v) is 6.38. The molecule has 0 aliphatic rings. The lowest BCUT2D eigenvalue weighted by Crippen LogP contribution is -2.19. The number of benzene rings is 1. The first kappa shape index (κ1) is 13.5. The molecule has 0 aliphatic heterocycles. The highest BCUT2D eigenvalue weighted by atomic mass is 16.5. The molecule has 0 amide bonds. The second kappa shape index (κ2) is 6.85. The van der Waals surface area contributed by atoms with E-state index in [1.807, 2.05) is 50.5 Å². The highest BCUT2D eigenvalue weighted by Gasteiger charge is 1.98. The minimum absolute atomic E-state index is 0.688. The van der Waals surface area contributed by atoms with Crippen molar-refractivity contribution >= 4 is 5.69 Å². The van der Waals surface area contributed by atoms with Gasteiger partial charge in [-0.2, -0.15) is 0 Å². The highest BCUT2D eigenvalue weighted by Crippen LogP contribution is 2.16. The van der Waals surface area contributed by atoms with Gasteiger partial charge in [0.1, 0.15) is 18.1 Å². The van der Waals surface area contributed by atoms with Crippen molar-refractivity contribution in [3.63, 3.8) is 0 Å². The van der Waals surface area contributed by atoms with Gasteiger partial charge in [0.15, 0.2) is 0 Å². The molecule has 2 rings (SSSR count). The third-order valence-corrected chi connectivity index (χ3v) is 2.71. The number of rotatable bonds is 7. The molecule has 1 N–H and O–H groups in total. The summed E-state index contributed by atoms with van der Waals surface area (Å²) in [5.74, 6) is 1.82. The van der Waals surface area contributed by atoms with Crippen LogP contribution in [0.3, 0.4) is 0 Å². The fraction of sp³-hybridized carbons (Fsp3) is 0.333. The average molecular weight is 260 g/mol. The van der Waals surface area contributed by atoms with E-state index in [0.717, 1.165) is 23.7 Å². The topological polar surface area (TPSA) is 37.6 Å². The van der Waals surface area contributed by atoms with Crippen LogP contribution in [0.25, 0.3) is 0 Å². The van der Waals surface area contributed by atoms with Crippen LogP contribution >= 0.6 is 0 Å². The van der Waals surface area contributed by atoms with Gasteiger partial charge in [-0.15, -0.1) is 0 Å². The quantitative estimate of drug-likeness (QED) is 0.830. The Morgan fingerprint density at radius 3 is 2.58 bits per heavy atom. The standard InChI is InChI=1S/C15H20N2O2/c1-17(2)9-11-19-14-7-5-13(6-8-14)16-12-15-4-3-10-18-15/h3-8,10,16H,9,11-12H2,1-2H3. The second-order valence-electron chi connectivity index (χ2n) is 4.61. The van der Waals surface area contributed by atoms with Crippen LogP contribution in [0.4, 0.5) is 5.69 Å². The largest absolute Gasteiger partial charge is 0.492 e. The molecule has 0 aliphatic carbocycles. The molecule has 19 heavy (non-hydrogen) atoms. The molecule has 0 unspecified atom stereocenters. The zero-order valence-electron chi connectivity index (χ0n) is 11.4. The van der Waals surface area contributed by atoms with Crippen molar-refractivity contribution < 1.29 is 9.15 Å². The molecule has 0 spiro atoms. The zero-order chi connectivity index (χ0) is 13.5. The van der Waals surface area contributed by atoms with Gasteiger partial charge in [-0.05, 0) is 50.5 Å². The van der Waals surface area contributed by atoms with Gasteiger partial charge in [-0.3, -0.25) is 0 Å². The van der Waals surface area contributed by atoms with Gasteiger partial charge in [-0.1, -0.05) is 0 Å². The molecule has 102 valence electrons. The van der Waals surface area contributed by atoms with Crippen LogP contribution in [0.5, 0.6) is 5.75 Å². The number of hydrogen-bond acceptors (Lipinski definition) is 4. The summed E-state index contributed by atoms with van der Waals surface area (Å²) in [5.41, 5.74) is 1.05. The monoisotopic (exact) mass is 260 g/mol. The predicted octanol–water partition coefficient (Wildman–Crippen LogP) is 2.83. The number of anilines is 1. The third-order valence-electron chi connectivity index (χ3n) is 2.71. The summed E-state index contributed by atoms with van der Waals surface area (Å²) in [4.78, 5) is 2.10. The number of nitrogens with one attached hydrogen (secondary N) is 1. The molecule has 0 saturated carbocycles. The highest BCUT2D eigenvalue weighted by molar-refractivity contribution is 5.46. The Kier molecular flexibility index (Phi) is 4.86. The van der Waals surface area contributed by atoms with Gasteiger partial charge in [0, 0.05) is 12.2 Å². The lowest BCUT2D eigenvalue weighted by molar-refractivity contribution is 0.261. The van der Waals surface area contributed by atoms with E-state index in [0.29, 0.717) is 13.2 Å². The van der Waals surface area contributed by atoms with Gasteiger partial charge in [-0.25, -0.2) is 0 Å². The second-order valence-corrected chi connectivity index (χ2v) is 4.61. The van der Waals surface area contributed by atoms with Crippen LogP contribution in [-0.2, 0) is 6.54 Å². The summed E-state index contributed by atoms with van der Waals surface area (Å²) < 4.78 is 10.9. The number of nitrogens with zero attached hydrogens (tertiary/aromatic N) is 1. The molecule has 4 heteroatoms. The molecule has 0 fully saturated rings. The Labute approximate surface area is 114 Å². The molecule has 2 aromatic rings. The number of ether oxygens (including phenoxy) is 1. The van der Waals surface area contributed by atoms with Gasteiger partial charge >= 0.3 is 0 Å². The van der Waals surface area contributed by atoms with Crippen molar-refractivity contribution in [2.75, 3.05) is 32.6 Å². The lowest BCUT2D eigenvalue weighted by Gasteiger charge is -2.11. The molecule has 0 radical (unpaired) electrons. The van der Waals surface area contributed by atoms with Crippen LogP contribution in [0.15, 0.2) is 47.1 Å². The lowest BCUT2D eigenvalue weighted by atomic mass is 10.3. The van der Waals surface area contributed by atoms with Gasteiger partial charge in [0.2, 0.25) is 0 Å². The molecule has 4 nitrogen and oxygen atoms in total. The van der Waals surface area contributed by atoms with E-state index in [1.54, 1.807) is 6.26 Å². The fourth-order valence-electron chi connectivity index (χ4n) is 1.62. The van der Waals surface area contributed by atoms with E-state index < -0.39 is 0 Å². The summed E-state index contributed by atoms with van der Waals surface area (Å²) in [6.45, 7) is 2.30. The van der Waals surface area contributed by atoms with Crippen molar-refractivity contribution in [1.29, 1.82) is 0 Å². The normalized spacial score (nSPS) is 10.7. The Morgan fingerprint density at radius 2 is 1.95 bits per heavy atom. The van der Waals surface area contributed by atoms with E-state index in [2.05, 4.69) is 10.2 Å². The summed E-state index contributed by atoms with van der Waals surface area (Å²) in [6.07, 6.45) is 1.68. The zero-order valence-corrected chi connectivity index (χ0v) is 11.4. The average Bonchev–Trinajstić information content (AvgIpc) is 2.90. The van der Waals surface area contributed by atoms with Crippen LogP contribution in [0.1, 0.15) is 5.76 Å². The molecule has 1 aromatic heterocycles. The number of furan rings is 1. The van der Waals surface area contributed by atoms with Gasteiger partial charge in [0.05, 0.1) is 12.8 Å². The Morgan fingerprint density at radius 1 is 1.16 bits per heavy atom. The Balaban J connectivity index is 1.77. The SMILES string of the molecule is CN(C)CCOc1ccc(NCc2ccco2)cc1. The summed E-state index contributed by atoms with van der Waals surface area (Å²) in [6, 6.07) is 11.8. The van der Waals surface area contributed by atoms with Crippen molar-refractivity contribution in [1.82, 2.24) is 4.90 Å². The maximum absolute atomic E-state index is 5.63. The van der Waals surface area contributed by atoms with Crippen LogP contribution in [-0.4, -0.2) is 32.1 Å². The van der Waals surface area contributed by atoms with E-state index in [-0.39, 0.29) is 0 Å². The molecule has 1 heterocycles. The Hall–Kier alpha value is -1.94. The maximum atomic E-state index is 5.63. The predicted molar refractivity (Wildman–Crippen MR) is 76.5 cm³/mol. The van der Waals surface area contributed by atoms with Crippen molar-refractivity contribution in [2.45, 2.75) is 6.54 Å². The molecule has 1 aromatic carbocycles.